The summed E-state index contributed by atoms with van der Waals surface area (Å²) in [4.78, 5) is 0. The Kier molecular flexibility index (Phi) is 2.36. The summed E-state index contributed by atoms with van der Waals surface area (Å²) in [5, 5.41) is 13.6. The number of nitrogens with one attached hydrogen (secondary N) is 1. The molecule has 0 saturated heterocycles. The fourth-order valence-electron chi connectivity index (χ4n) is 1.25. The van der Waals surface area contributed by atoms with E-state index in [0.717, 1.165) is 12.0 Å². The first-order valence-corrected chi connectivity index (χ1v) is 4.34. The number of hydrogen-bond acceptors (Lipinski definition) is 3. The van der Waals surface area contributed by atoms with Crippen molar-refractivity contribution >= 4 is 0 Å². The van der Waals surface area contributed by atoms with Crippen LogP contribution in [0.2, 0.25) is 0 Å². The van der Waals surface area contributed by atoms with Crippen LogP contribution in [0.1, 0.15) is 5.56 Å². The maximum absolute atomic E-state index is 3.83. The number of tetrazole rings is 1. The zero-order valence-corrected chi connectivity index (χ0v) is 7.64. The molecule has 0 atom stereocenters. The lowest BCUT2D eigenvalue weighted by Gasteiger charge is -1.97. The van der Waals surface area contributed by atoms with Crippen LogP contribution in [0.4, 0.5) is 0 Å². The fraction of sp³-hybridized carbons (Fsp3) is 0.100. The molecule has 0 radical (unpaired) electrons. The van der Waals surface area contributed by atoms with Gasteiger partial charge in [0.15, 0.2) is 5.82 Å². The van der Waals surface area contributed by atoms with Crippen LogP contribution in [0.15, 0.2) is 36.9 Å². The molecule has 0 amide bonds. The lowest BCUT2D eigenvalue weighted by Crippen LogP contribution is -1.83. The van der Waals surface area contributed by atoms with Gasteiger partial charge < -0.3 is 0 Å². The third kappa shape index (κ3) is 1.69. The number of aromatic amines is 1. The minimum absolute atomic E-state index is 0.690. The van der Waals surface area contributed by atoms with E-state index in [-0.39, 0.29) is 0 Å². The van der Waals surface area contributed by atoms with Gasteiger partial charge in [0.25, 0.3) is 0 Å². The number of allylic oxidation sites excluding steroid dienone is 1. The summed E-state index contributed by atoms with van der Waals surface area (Å²) < 4.78 is 0. The van der Waals surface area contributed by atoms with Gasteiger partial charge in [0.2, 0.25) is 0 Å². The highest BCUT2D eigenvalue weighted by molar-refractivity contribution is 5.54. The Bertz CT molecular complexity index is 402. The van der Waals surface area contributed by atoms with Crippen molar-refractivity contribution in [2.24, 2.45) is 0 Å². The van der Waals surface area contributed by atoms with Crippen molar-refractivity contribution in [3.05, 3.63) is 42.5 Å². The third-order valence-corrected chi connectivity index (χ3v) is 1.95. The van der Waals surface area contributed by atoms with E-state index < -0.39 is 0 Å². The molecule has 4 heteroatoms. The smallest absolute Gasteiger partial charge is 0.179 e. The van der Waals surface area contributed by atoms with Gasteiger partial charge in [0.1, 0.15) is 0 Å². The molecule has 0 bridgehead atoms. The molecule has 0 fully saturated rings. The topological polar surface area (TPSA) is 54.5 Å². The second-order valence-corrected chi connectivity index (χ2v) is 2.94. The van der Waals surface area contributed by atoms with Crippen LogP contribution < -0.4 is 0 Å². The van der Waals surface area contributed by atoms with Gasteiger partial charge in [-0.25, -0.2) is 5.10 Å². The second kappa shape index (κ2) is 3.83. The number of nitrogens with zero attached hydrogens (tertiary/aromatic N) is 3. The molecule has 0 saturated carbocycles. The molecule has 0 aliphatic carbocycles. The van der Waals surface area contributed by atoms with E-state index in [9.17, 15) is 0 Å². The molecule has 1 aromatic carbocycles. The van der Waals surface area contributed by atoms with Crippen LogP contribution >= 0.6 is 0 Å². The summed E-state index contributed by atoms with van der Waals surface area (Å²) in [5.41, 5.74) is 2.22. The molecule has 70 valence electrons. The van der Waals surface area contributed by atoms with Crippen LogP contribution in [0.5, 0.6) is 0 Å². The predicted molar refractivity (Wildman–Crippen MR) is 53.5 cm³/mol. The van der Waals surface area contributed by atoms with Gasteiger partial charge in [-0.3, -0.25) is 0 Å². The number of aromatic nitrogens is 4. The van der Waals surface area contributed by atoms with Gasteiger partial charge in [-0.05, 0) is 22.4 Å². The Morgan fingerprint density at radius 3 is 2.64 bits per heavy atom. The molecule has 1 heterocycles. The average molecular weight is 186 g/mol. The van der Waals surface area contributed by atoms with Gasteiger partial charge in [0.05, 0.1) is 0 Å². The van der Waals surface area contributed by atoms with Gasteiger partial charge in [-0.2, -0.15) is 0 Å². The van der Waals surface area contributed by atoms with E-state index in [0.29, 0.717) is 5.82 Å². The molecule has 2 aromatic rings. The highest BCUT2D eigenvalue weighted by Crippen LogP contribution is 2.14. The third-order valence-electron chi connectivity index (χ3n) is 1.95. The second-order valence-electron chi connectivity index (χ2n) is 2.94. The Balaban J connectivity index is 2.26. The number of H-pyrrole nitrogens is 1. The van der Waals surface area contributed by atoms with Gasteiger partial charge in [-0.1, -0.05) is 30.3 Å². The molecule has 1 aromatic heterocycles. The molecule has 2 rings (SSSR count). The Labute approximate surface area is 81.7 Å². The maximum atomic E-state index is 3.83. The van der Waals surface area contributed by atoms with Gasteiger partial charge in [0, 0.05) is 5.56 Å². The molecule has 1 N–H and O–H groups in total. The van der Waals surface area contributed by atoms with Crippen LogP contribution in [-0.4, -0.2) is 20.6 Å². The first kappa shape index (κ1) is 8.62. The zero-order chi connectivity index (χ0) is 9.80. The number of hydrogen-bond donors (Lipinski definition) is 1. The zero-order valence-electron chi connectivity index (χ0n) is 7.64. The summed E-state index contributed by atoms with van der Waals surface area (Å²) in [6, 6.07) is 8.06. The van der Waals surface area contributed by atoms with Gasteiger partial charge >= 0.3 is 0 Å². The molecular weight excluding hydrogens is 176 g/mol. The molecule has 0 aliphatic heterocycles. The minimum atomic E-state index is 0.690. The summed E-state index contributed by atoms with van der Waals surface area (Å²) in [7, 11) is 0. The van der Waals surface area contributed by atoms with Crippen LogP contribution in [0.3, 0.4) is 0 Å². The lowest BCUT2D eigenvalue weighted by atomic mass is 10.1. The van der Waals surface area contributed by atoms with E-state index >= 15 is 0 Å². The summed E-state index contributed by atoms with van der Waals surface area (Å²) in [6.45, 7) is 3.69. The van der Waals surface area contributed by atoms with E-state index in [1.165, 1.54) is 5.56 Å². The highest BCUT2D eigenvalue weighted by atomic mass is 15.5. The van der Waals surface area contributed by atoms with Crippen LogP contribution in [0.25, 0.3) is 11.4 Å². The van der Waals surface area contributed by atoms with Crippen molar-refractivity contribution in [2.75, 3.05) is 0 Å². The first-order chi connectivity index (χ1) is 6.90. The van der Waals surface area contributed by atoms with E-state index in [1.54, 1.807) is 0 Å². The quantitative estimate of drug-likeness (QED) is 0.740. The van der Waals surface area contributed by atoms with Crippen molar-refractivity contribution in [3.8, 4) is 11.4 Å². The Morgan fingerprint density at radius 1 is 1.29 bits per heavy atom. The fourth-order valence-corrected chi connectivity index (χ4v) is 1.25. The van der Waals surface area contributed by atoms with Crippen LogP contribution in [0, 0.1) is 0 Å². The number of rotatable bonds is 3. The van der Waals surface area contributed by atoms with E-state index in [4.69, 9.17) is 0 Å². The normalized spacial score (nSPS) is 10.0. The molecule has 0 aliphatic rings. The van der Waals surface area contributed by atoms with Crippen molar-refractivity contribution in [2.45, 2.75) is 6.42 Å². The highest BCUT2D eigenvalue weighted by Gasteiger charge is 2.00. The monoisotopic (exact) mass is 186 g/mol. The average Bonchev–Trinajstić information content (AvgIpc) is 2.72. The van der Waals surface area contributed by atoms with Gasteiger partial charge in [-0.15, -0.1) is 11.7 Å². The van der Waals surface area contributed by atoms with Crippen LogP contribution in [-0.2, 0) is 6.42 Å². The first-order valence-electron chi connectivity index (χ1n) is 4.34. The molecule has 0 spiro atoms. The molecule has 14 heavy (non-hydrogen) atoms. The van der Waals surface area contributed by atoms with E-state index in [2.05, 4.69) is 27.2 Å². The largest absolute Gasteiger partial charge is 0.239 e. The number of benzene rings is 1. The minimum Gasteiger partial charge on any atom is -0.239 e. The molecule has 0 unspecified atom stereocenters. The predicted octanol–water partition coefficient (Wildman–Crippen LogP) is 1.60. The summed E-state index contributed by atoms with van der Waals surface area (Å²) in [5.74, 6) is 0.690. The summed E-state index contributed by atoms with van der Waals surface area (Å²) >= 11 is 0. The summed E-state index contributed by atoms with van der Waals surface area (Å²) in [6.07, 6.45) is 2.76. The SMILES string of the molecule is C=CCc1ccc(-c2nnn[nH]2)cc1. The van der Waals surface area contributed by atoms with Crippen molar-refractivity contribution in [1.29, 1.82) is 0 Å². The maximum Gasteiger partial charge on any atom is 0.179 e. The van der Waals surface area contributed by atoms with Crippen molar-refractivity contribution < 1.29 is 0 Å². The lowest BCUT2D eigenvalue weighted by molar-refractivity contribution is 0.881. The standard InChI is InChI=1S/C10H10N4/c1-2-3-8-4-6-9(7-5-8)10-11-13-14-12-10/h2,4-7H,1,3H2,(H,11,12,13,14). The molecule has 4 nitrogen and oxygen atoms in total. The Hall–Kier alpha value is -1.97. The Morgan fingerprint density at radius 2 is 2.07 bits per heavy atom. The van der Waals surface area contributed by atoms with E-state index in [1.807, 2.05) is 30.3 Å². The van der Waals surface area contributed by atoms with Crippen molar-refractivity contribution in [3.63, 3.8) is 0 Å². The molecular formula is C10H10N4. The van der Waals surface area contributed by atoms with Crippen molar-refractivity contribution in [1.82, 2.24) is 20.6 Å².